The zero-order valence-corrected chi connectivity index (χ0v) is 38.8. The summed E-state index contributed by atoms with van der Waals surface area (Å²) in [5.41, 5.74) is 2.03. The standard InChI is InChI=1S/C47H61N9O12/c1-4-33-45(62)54(2)35-27-50-47(53-41(35)55(33)30-10-5-6-11-30)51-32-15-14-29(26-37(32)64-3)42(59)49-19-9-21-66-23-25-67-24-22-65-20-8-18-48-39(58)28-68-36-13-7-12-31-40(36)46(63)56(44(31)61)34-16-17-38(57)52-43(34)60/h7,12-15,26-27,30,33-34,44,61H,4-6,8-11,16-25,28H2,1-3H3,(H,48,58)(H,49,59)(H,50,51,53)(H,52,57,60)/t33-,34?,44?/m1/s1. The first-order valence-electron chi connectivity index (χ1n) is 23.3. The molecule has 1 saturated carbocycles. The molecular formula is C47H61N9O12. The number of fused-ring (bicyclic) bond motifs is 2. The second-order valence-corrected chi connectivity index (χ2v) is 16.8. The number of carbonyl (C=O) groups is 6. The van der Waals surface area contributed by atoms with Gasteiger partial charge in [-0.05, 0) is 62.8 Å². The molecule has 2 unspecified atom stereocenters. The summed E-state index contributed by atoms with van der Waals surface area (Å²) in [5, 5.41) is 21.9. The average molecular weight is 944 g/mol. The van der Waals surface area contributed by atoms with Gasteiger partial charge in [-0.1, -0.05) is 31.9 Å². The summed E-state index contributed by atoms with van der Waals surface area (Å²) in [4.78, 5) is 90.2. The van der Waals surface area contributed by atoms with Crippen LogP contribution in [0.4, 0.5) is 23.1 Å². The number of nitrogens with one attached hydrogen (secondary N) is 4. The predicted octanol–water partition coefficient (Wildman–Crippen LogP) is 2.74. The van der Waals surface area contributed by atoms with E-state index in [0.717, 1.165) is 36.4 Å². The van der Waals surface area contributed by atoms with Gasteiger partial charge in [0.05, 0.1) is 51.0 Å². The number of ether oxygens (including phenoxy) is 5. The van der Waals surface area contributed by atoms with Crippen molar-refractivity contribution in [3.05, 3.63) is 59.3 Å². The van der Waals surface area contributed by atoms with Crippen LogP contribution in [0.1, 0.15) is 97.2 Å². The molecule has 7 rings (SSSR count). The highest BCUT2D eigenvalue weighted by Crippen LogP contribution is 2.41. The lowest BCUT2D eigenvalue weighted by Crippen LogP contribution is -2.55. The Morgan fingerprint density at radius 3 is 2.28 bits per heavy atom. The minimum atomic E-state index is -1.39. The van der Waals surface area contributed by atoms with Crippen molar-refractivity contribution in [1.82, 2.24) is 30.8 Å². The van der Waals surface area contributed by atoms with Crippen molar-refractivity contribution >= 4 is 58.6 Å². The molecule has 1 aliphatic carbocycles. The molecule has 2 aromatic carbocycles. The molecule has 366 valence electrons. The number of piperidine rings is 1. The number of anilines is 4. The number of imide groups is 1. The van der Waals surface area contributed by atoms with E-state index in [1.54, 1.807) is 48.5 Å². The van der Waals surface area contributed by atoms with Gasteiger partial charge in [0.1, 0.15) is 29.3 Å². The van der Waals surface area contributed by atoms with Crippen LogP contribution < -0.4 is 40.5 Å². The van der Waals surface area contributed by atoms with Gasteiger partial charge in [0.25, 0.3) is 17.7 Å². The zero-order valence-electron chi connectivity index (χ0n) is 38.8. The van der Waals surface area contributed by atoms with Crippen LogP contribution in [0.5, 0.6) is 11.5 Å². The number of aliphatic hydroxyl groups is 1. The molecule has 1 saturated heterocycles. The van der Waals surface area contributed by atoms with E-state index in [2.05, 4.69) is 31.2 Å². The Morgan fingerprint density at radius 1 is 0.882 bits per heavy atom. The van der Waals surface area contributed by atoms with Gasteiger partial charge in [-0.2, -0.15) is 4.98 Å². The lowest BCUT2D eigenvalue weighted by molar-refractivity contribution is -0.139. The van der Waals surface area contributed by atoms with Crippen molar-refractivity contribution in [2.45, 2.75) is 89.1 Å². The zero-order chi connectivity index (χ0) is 48.2. The molecule has 21 nitrogen and oxygen atoms in total. The van der Waals surface area contributed by atoms with Crippen molar-refractivity contribution in [3.63, 3.8) is 0 Å². The molecule has 3 atom stereocenters. The van der Waals surface area contributed by atoms with Crippen LogP contribution in [0.2, 0.25) is 0 Å². The number of rotatable bonds is 24. The molecular weight excluding hydrogens is 883 g/mol. The Labute approximate surface area is 394 Å². The highest BCUT2D eigenvalue weighted by Gasteiger charge is 2.46. The topological polar surface area (TPSA) is 252 Å². The SMILES string of the molecule is CC[C@@H]1C(=O)N(C)c2cnc(Nc3ccc(C(=O)NCCCOCCOCCOCCCNC(=O)COc4cccc5c4C(=O)N(C4CCC(=O)NC4=O)C5O)cc3OC)nc2N1C1CCCC1. The fourth-order valence-corrected chi connectivity index (χ4v) is 8.88. The van der Waals surface area contributed by atoms with Crippen molar-refractivity contribution in [2.24, 2.45) is 0 Å². The minimum Gasteiger partial charge on any atom is -0.495 e. The summed E-state index contributed by atoms with van der Waals surface area (Å²) in [5.74, 6) is -0.658. The summed E-state index contributed by atoms with van der Waals surface area (Å²) in [6.07, 6.45) is 6.55. The van der Waals surface area contributed by atoms with E-state index in [0.29, 0.717) is 101 Å². The highest BCUT2D eigenvalue weighted by atomic mass is 16.5. The van der Waals surface area contributed by atoms with Crippen LogP contribution >= 0.6 is 0 Å². The van der Waals surface area contributed by atoms with Gasteiger partial charge in [0, 0.05) is 56.9 Å². The summed E-state index contributed by atoms with van der Waals surface area (Å²) in [6, 6.07) is 8.72. The minimum absolute atomic E-state index is 0.0460. The molecule has 0 radical (unpaired) electrons. The van der Waals surface area contributed by atoms with Crippen molar-refractivity contribution in [2.75, 3.05) is 88.6 Å². The molecule has 0 spiro atoms. The van der Waals surface area contributed by atoms with E-state index in [1.807, 2.05) is 6.92 Å². The maximum absolute atomic E-state index is 13.3. The number of carbonyl (C=O) groups excluding carboxylic acids is 6. The number of benzene rings is 2. The van der Waals surface area contributed by atoms with E-state index < -0.39 is 35.9 Å². The second-order valence-electron chi connectivity index (χ2n) is 16.8. The number of methoxy groups -OCH3 is 1. The normalized spacial score (nSPS) is 19.2. The Kier molecular flexibility index (Phi) is 17.1. The lowest BCUT2D eigenvalue weighted by atomic mass is 10.0. The maximum atomic E-state index is 13.3. The molecule has 5 N–H and O–H groups in total. The monoisotopic (exact) mass is 943 g/mol. The number of aromatic nitrogens is 2. The quantitative estimate of drug-likeness (QED) is 0.0640. The summed E-state index contributed by atoms with van der Waals surface area (Å²) < 4.78 is 28.1. The van der Waals surface area contributed by atoms with Crippen LogP contribution in [0.3, 0.4) is 0 Å². The first-order valence-corrected chi connectivity index (χ1v) is 23.3. The fraction of sp³-hybridized carbons (Fsp3) is 0.532. The molecule has 68 heavy (non-hydrogen) atoms. The van der Waals surface area contributed by atoms with Crippen LogP contribution in [-0.4, -0.2) is 147 Å². The van der Waals surface area contributed by atoms with E-state index in [9.17, 15) is 33.9 Å². The van der Waals surface area contributed by atoms with Crippen LogP contribution in [0.25, 0.3) is 0 Å². The second kappa shape index (κ2) is 23.5. The number of hydrogen-bond donors (Lipinski definition) is 5. The first-order chi connectivity index (χ1) is 33.0. The molecule has 0 bridgehead atoms. The third kappa shape index (κ3) is 11.6. The third-order valence-corrected chi connectivity index (χ3v) is 12.4. The van der Waals surface area contributed by atoms with Gasteiger partial charge in [-0.25, -0.2) is 4.98 Å². The Balaban J connectivity index is 0.719. The van der Waals surface area contributed by atoms with E-state index in [-0.39, 0.29) is 60.2 Å². The molecule has 21 heteroatoms. The van der Waals surface area contributed by atoms with Gasteiger partial charge >= 0.3 is 0 Å². The van der Waals surface area contributed by atoms with Crippen molar-refractivity contribution in [3.8, 4) is 11.5 Å². The molecule has 4 aliphatic rings. The number of hydrogen-bond acceptors (Lipinski definition) is 16. The number of aliphatic hydroxyl groups excluding tert-OH is 1. The Morgan fingerprint density at radius 2 is 1.59 bits per heavy atom. The third-order valence-electron chi connectivity index (χ3n) is 12.4. The van der Waals surface area contributed by atoms with Crippen LogP contribution in [0, 0.1) is 0 Å². The number of amides is 6. The van der Waals surface area contributed by atoms with Crippen LogP contribution in [0.15, 0.2) is 42.6 Å². The fourth-order valence-electron chi connectivity index (χ4n) is 8.88. The van der Waals surface area contributed by atoms with Gasteiger partial charge in [0.15, 0.2) is 18.7 Å². The number of nitrogens with zero attached hydrogens (tertiary/aromatic N) is 5. The largest absolute Gasteiger partial charge is 0.495 e. The number of likely N-dealkylation sites (N-methyl/N-ethyl adjacent to an activating group) is 1. The van der Waals surface area contributed by atoms with E-state index >= 15 is 0 Å². The van der Waals surface area contributed by atoms with E-state index in [4.69, 9.17) is 28.7 Å². The first kappa shape index (κ1) is 49.5. The molecule has 2 fully saturated rings. The molecule has 4 heterocycles. The summed E-state index contributed by atoms with van der Waals surface area (Å²) in [6.45, 7) is 4.71. The Bertz CT molecular complexity index is 2310. The lowest BCUT2D eigenvalue weighted by Gasteiger charge is -2.43. The maximum Gasteiger partial charge on any atom is 0.261 e. The van der Waals surface area contributed by atoms with Gasteiger partial charge in [-0.15, -0.1) is 0 Å². The van der Waals surface area contributed by atoms with E-state index in [1.165, 1.54) is 13.2 Å². The van der Waals surface area contributed by atoms with Gasteiger partial charge in [-0.3, -0.25) is 39.0 Å². The van der Waals surface area contributed by atoms with Gasteiger partial charge < -0.3 is 54.5 Å². The van der Waals surface area contributed by atoms with Gasteiger partial charge in [0.2, 0.25) is 23.7 Å². The average Bonchev–Trinajstić information content (AvgIpc) is 3.96. The smallest absolute Gasteiger partial charge is 0.261 e. The summed E-state index contributed by atoms with van der Waals surface area (Å²) in [7, 11) is 3.30. The predicted molar refractivity (Wildman–Crippen MR) is 247 cm³/mol. The summed E-state index contributed by atoms with van der Waals surface area (Å²) >= 11 is 0. The molecule has 3 aromatic rings. The van der Waals surface area contributed by atoms with Crippen molar-refractivity contribution < 1.29 is 57.6 Å². The van der Waals surface area contributed by atoms with Crippen LogP contribution in [-0.2, 0) is 33.4 Å². The molecule has 3 aliphatic heterocycles. The molecule has 6 amide bonds. The van der Waals surface area contributed by atoms with Crippen molar-refractivity contribution in [1.29, 1.82) is 0 Å². The highest BCUT2D eigenvalue weighted by molar-refractivity contribution is 6.07. The molecule has 1 aromatic heterocycles. The Hall–Kier alpha value is -6.42.